The molecule has 2 N–H and O–H groups in total. The monoisotopic (exact) mass is 431 g/mol. The Balaban J connectivity index is 1.50. The van der Waals surface area contributed by atoms with E-state index < -0.39 is 11.5 Å². The summed E-state index contributed by atoms with van der Waals surface area (Å²) in [4.78, 5) is 30.1. The number of hydrogen-bond acceptors (Lipinski definition) is 5. The average molecular weight is 432 g/mol. The minimum atomic E-state index is -0.673. The first-order valence-electron chi connectivity index (χ1n) is 10.9. The lowest BCUT2D eigenvalue weighted by atomic mass is 9.73. The number of halogens is 1. The van der Waals surface area contributed by atoms with Crippen LogP contribution in [0.1, 0.15) is 46.0 Å². The molecule has 0 spiro atoms. The Kier molecular flexibility index (Phi) is 8.03. The summed E-state index contributed by atoms with van der Waals surface area (Å²) in [6.45, 7) is 4.86. The second-order valence-corrected chi connectivity index (χ2v) is 8.16. The summed E-state index contributed by atoms with van der Waals surface area (Å²) in [6, 6.07) is 6.72. The Labute approximate surface area is 181 Å². The van der Waals surface area contributed by atoms with Gasteiger partial charge in [0, 0.05) is 6.54 Å². The fraction of sp³-hybridized carbons (Fsp3) is 0.522. The van der Waals surface area contributed by atoms with Crippen LogP contribution >= 0.6 is 0 Å². The highest BCUT2D eigenvalue weighted by Gasteiger charge is 2.27. The van der Waals surface area contributed by atoms with E-state index >= 15 is 0 Å². The number of aromatic nitrogens is 2. The number of benzene rings is 1. The van der Waals surface area contributed by atoms with Crippen molar-refractivity contribution in [3.8, 4) is 17.5 Å². The molecule has 2 unspecified atom stereocenters. The molecular weight excluding hydrogens is 401 g/mol. The van der Waals surface area contributed by atoms with E-state index in [0.29, 0.717) is 18.2 Å². The molecule has 1 aliphatic carbocycles. The third-order valence-corrected chi connectivity index (χ3v) is 5.83. The minimum Gasteiger partial charge on any atom is -0.467 e. The summed E-state index contributed by atoms with van der Waals surface area (Å²) in [5.41, 5.74) is -0.673. The number of rotatable bonds is 9. The average Bonchev–Trinajstić information content (AvgIpc) is 2.77. The largest absolute Gasteiger partial charge is 0.467 e. The molecular formula is C23H30FN3O4. The summed E-state index contributed by atoms with van der Waals surface area (Å²) in [5.74, 6) is 1.71. The van der Waals surface area contributed by atoms with Gasteiger partial charge in [0.15, 0.2) is 6.61 Å². The maximum atomic E-state index is 13.0. The van der Waals surface area contributed by atoms with Crippen molar-refractivity contribution in [1.29, 1.82) is 0 Å². The van der Waals surface area contributed by atoms with Crippen molar-refractivity contribution in [2.45, 2.75) is 46.0 Å². The van der Waals surface area contributed by atoms with Gasteiger partial charge in [-0.05, 0) is 61.3 Å². The molecule has 1 saturated carbocycles. The van der Waals surface area contributed by atoms with E-state index in [9.17, 15) is 14.0 Å². The van der Waals surface area contributed by atoms with E-state index in [4.69, 9.17) is 9.47 Å². The molecule has 1 fully saturated rings. The van der Waals surface area contributed by atoms with Crippen molar-refractivity contribution in [3.63, 3.8) is 0 Å². The molecule has 0 radical (unpaired) electrons. The van der Waals surface area contributed by atoms with Crippen molar-refractivity contribution in [1.82, 2.24) is 15.3 Å². The number of nitrogens with zero attached hydrogens (tertiary/aromatic N) is 1. The van der Waals surface area contributed by atoms with Gasteiger partial charge in [-0.1, -0.05) is 26.7 Å². The molecule has 1 amide bonds. The van der Waals surface area contributed by atoms with Crippen LogP contribution in [0.25, 0.3) is 0 Å². The van der Waals surface area contributed by atoms with Crippen molar-refractivity contribution in [2.75, 3.05) is 13.2 Å². The number of carbonyl (C=O) groups excluding carboxylic acids is 1. The van der Waals surface area contributed by atoms with Crippen LogP contribution in [0.4, 0.5) is 4.39 Å². The van der Waals surface area contributed by atoms with Crippen LogP contribution in [0.15, 0.2) is 35.1 Å². The second kappa shape index (κ2) is 10.9. The van der Waals surface area contributed by atoms with E-state index in [-0.39, 0.29) is 24.3 Å². The topological polar surface area (TPSA) is 93.3 Å². The molecule has 168 valence electrons. The van der Waals surface area contributed by atoms with Crippen molar-refractivity contribution in [2.24, 2.45) is 17.8 Å². The number of H-pyrrole nitrogens is 1. The van der Waals surface area contributed by atoms with Crippen LogP contribution in [0.5, 0.6) is 17.5 Å². The quantitative estimate of drug-likeness (QED) is 0.625. The lowest BCUT2D eigenvalue weighted by Crippen LogP contribution is -2.36. The Hall–Kier alpha value is -2.90. The number of nitrogens with one attached hydrogen (secondary N) is 2. The van der Waals surface area contributed by atoms with Crippen LogP contribution in [-0.4, -0.2) is 29.0 Å². The smallest absolute Gasteiger partial charge is 0.351 e. The zero-order chi connectivity index (χ0) is 22.2. The van der Waals surface area contributed by atoms with Gasteiger partial charge in [-0.25, -0.2) is 9.18 Å². The van der Waals surface area contributed by atoms with Gasteiger partial charge in [0.1, 0.15) is 11.6 Å². The summed E-state index contributed by atoms with van der Waals surface area (Å²) < 4.78 is 23.9. The molecule has 0 bridgehead atoms. The molecule has 7 nitrogen and oxygen atoms in total. The minimum absolute atomic E-state index is 0.0224. The molecule has 1 aromatic heterocycles. The van der Waals surface area contributed by atoms with Gasteiger partial charge in [0.25, 0.3) is 5.91 Å². The molecule has 0 aliphatic heterocycles. The molecule has 1 aliphatic rings. The van der Waals surface area contributed by atoms with Gasteiger partial charge in [-0.2, -0.15) is 4.98 Å². The van der Waals surface area contributed by atoms with Crippen LogP contribution in [0, 0.1) is 23.6 Å². The molecule has 1 heterocycles. The zero-order valence-corrected chi connectivity index (χ0v) is 18.0. The van der Waals surface area contributed by atoms with Gasteiger partial charge in [0.05, 0.1) is 6.07 Å². The van der Waals surface area contributed by atoms with Crippen LogP contribution in [0.2, 0.25) is 0 Å². The molecule has 2 atom stereocenters. The highest BCUT2D eigenvalue weighted by Crippen LogP contribution is 2.36. The van der Waals surface area contributed by atoms with Crippen LogP contribution in [0.3, 0.4) is 0 Å². The number of hydrogen-bond donors (Lipinski definition) is 2. The molecule has 0 saturated heterocycles. The molecule has 1 aromatic carbocycles. The molecule has 8 heteroatoms. The fourth-order valence-electron chi connectivity index (χ4n) is 4.16. The fourth-order valence-corrected chi connectivity index (χ4v) is 4.16. The van der Waals surface area contributed by atoms with Gasteiger partial charge in [-0.15, -0.1) is 0 Å². The van der Waals surface area contributed by atoms with Crippen molar-refractivity contribution < 1.29 is 18.7 Å². The first-order chi connectivity index (χ1) is 14.9. The molecule has 31 heavy (non-hydrogen) atoms. The Bertz CT molecular complexity index is 904. The van der Waals surface area contributed by atoms with E-state index in [2.05, 4.69) is 29.1 Å². The predicted octanol–water partition coefficient (Wildman–Crippen LogP) is 4.05. The maximum absolute atomic E-state index is 13.0. The molecule has 2 aromatic rings. The number of aromatic amines is 1. The van der Waals surface area contributed by atoms with Gasteiger partial charge in [-0.3, -0.25) is 9.78 Å². The lowest BCUT2D eigenvalue weighted by Gasteiger charge is -2.34. The Morgan fingerprint density at radius 2 is 1.77 bits per heavy atom. The third-order valence-electron chi connectivity index (χ3n) is 5.83. The Morgan fingerprint density at radius 3 is 2.42 bits per heavy atom. The number of ether oxygens (including phenoxy) is 2. The zero-order valence-electron chi connectivity index (χ0n) is 18.0. The highest BCUT2D eigenvalue weighted by molar-refractivity contribution is 5.77. The second-order valence-electron chi connectivity index (χ2n) is 8.16. The summed E-state index contributed by atoms with van der Waals surface area (Å²) in [5, 5.41) is 2.94. The standard InChI is InChI=1S/C23H30FN3O4/c1-3-15-9-16(4-2)11-17(10-15)13-25-20(28)14-30-21-12-22(27-23(29)26-21)31-19-7-5-18(24)6-8-19/h5-8,12,15-17H,3-4,9-11,13-14H2,1-2H3,(H,25,28)(H,26,27,29). The predicted molar refractivity (Wildman–Crippen MR) is 115 cm³/mol. The van der Waals surface area contributed by atoms with Crippen molar-refractivity contribution in [3.05, 3.63) is 46.6 Å². The van der Waals surface area contributed by atoms with E-state index in [0.717, 1.165) is 24.7 Å². The third kappa shape index (κ3) is 7.08. The summed E-state index contributed by atoms with van der Waals surface area (Å²) in [6.07, 6.45) is 5.94. The highest BCUT2D eigenvalue weighted by atomic mass is 19.1. The van der Waals surface area contributed by atoms with Crippen LogP contribution in [-0.2, 0) is 4.79 Å². The summed E-state index contributed by atoms with van der Waals surface area (Å²) >= 11 is 0. The maximum Gasteiger partial charge on any atom is 0.351 e. The van der Waals surface area contributed by atoms with E-state index in [1.807, 2.05) is 0 Å². The lowest BCUT2D eigenvalue weighted by molar-refractivity contribution is -0.123. The molecule has 3 rings (SSSR count). The van der Waals surface area contributed by atoms with Gasteiger partial charge >= 0.3 is 5.69 Å². The van der Waals surface area contributed by atoms with Crippen molar-refractivity contribution >= 4 is 5.91 Å². The number of amides is 1. The van der Waals surface area contributed by atoms with Gasteiger partial charge < -0.3 is 14.8 Å². The van der Waals surface area contributed by atoms with Crippen LogP contribution < -0.4 is 20.5 Å². The first-order valence-corrected chi connectivity index (χ1v) is 10.9. The first kappa shape index (κ1) is 22.8. The summed E-state index contributed by atoms with van der Waals surface area (Å²) in [7, 11) is 0. The number of carbonyl (C=O) groups is 1. The van der Waals surface area contributed by atoms with E-state index in [1.54, 1.807) is 0 Å². The van der Waals surface area contributed by atoms with E-state index in [1.165, 1.54) is 49.6 Å². The van der Waals surface area contributed by atoms with Gasteiger partial charge in [0.2, 0.25) is 11.8 Å². The Morgan fingerprint density at radius 1 is 1.13 bits per heavy atom. The normalized spacial score (nSPS) is 20.8. The SMILES string of the molecule is CCC1CC(CC)CC(CNC(=O)COc2cc(Oc3ccc(F)cc3)[nH]c(=O)n2)C1.